The van der Waals surface area contributed by atoms with Gasteiger partial charge in [-0.05, 0) is 18.6 Å². The molecule has 1 amide bonds. The molecule has 130 valence electrons. The summed E-state index contributed by atoms with van der Waals surface area (Å²) in [6.45, 7) is 2.67. The number of hydrogen-bond donors (Lipinski definition) is 0. The molecule has 1 aliphatic heterocycles. The molecule has 1 aromatic heterocycles. The Hall–Kier alpha value is -3.02. The van der Waals surface area contributed by atoms with Crippen LogP contribution >= 0.6 is 0 Å². The fourth-order valence-electron chi connectivity index (χ4n) is 2.83. The van der Waals surface area contributed by atoms with Gasteiger partial charge < -0.3 is 18.9 Å². The van der Waals surface area contributed by atoms with Crippen LogP contribution < -0.4 is 4.74 Å². The van der Waals surface area contributed by atoms with Crippen LogP contribution in [0.25, 0.3) is 5.70 Å². The Morgan fingerprint density at radius 2 is 1.96 bits per heavy atom. The second-order valence-electron chi connectivity index (χ2n) is 5.65. The summed E-state index contributed by atoms with van der Waals surface area (Å²) in [5, 5.41) is 0. The summed E-state index contributed by atoms with van der Waals surface area (Å²) in [5.41, 5.74) is 1.68. The van der Waals surface area contributed by atoms with Crippen molar-refractivity contribution >= 4 is 17.6 Å². The van der Waals surface area contributed by atoms with Crippen molar-refractivity contribution in [3.63, 3.8) is 0 Å². The topological polar surface area (TPSA) is 60.8 Å². The number of aromatic nitrogens is 1. The molecule has 2 aromatic rings. The number of hydrogen-bond acceptors (Lipinski definition) is 4. The first-order chi connectivity index (χ1) is 12.1. The monoisotopic (exact) mass is 340 g/mol. The molecule has 0 saturated carbocycles. The van der Waals surface area contributed by atoms with E-state index in [2.05, 4.69) is 0 Å². The standard InChI is InChI=1S/C19H20N2O4/c1-3-25-19(23)16-13-21(11-14-7-5-4-6-8-14)18(22)17(16)20-10-9-15(12-20)24-2/h4-10,12H,3,11,13H2,1-2H3. The zero-order valence-electron chi connectivity index (χ0n) is 14.3. The van der Waals surface area contributed by atoms with Crippen molar-refractivity contribution in [3.05, 3.63) is 59.9 Å². The van der Waals surface area contributed by atoms with E-state index in [1.54, 1.807) is 42.0 Å². The number of ether oxygens (including phenoxy) is 2. The van der Waals surface area contributed by atoms with Crippen molar-refractivity contribution in [2.24, 2.45) is 0 Å². The molecule has 0 unspecified atom stereocenters. The molecule has 0 atom stereocenters. The lowest BCUT2D eigenvalue weighted by Gasteiger charge is -2.16. The quantitative estimate of drug-likeness (QED) is 0.757. The van der Waals surface area contributed by atoms with Gasteiger partial charge in [-0.2, -0.15) is 0 Å². The molecule has 3 rings (SSSR count). The summed E-state index contributed by atoms with van der Waals surface area (Å²) in [6, 6.07) is 11.4. The second kappa shape index (κ2) is 7.25. The zero-order chi connectivity index (χ0) is 17.8. The van der Waals surface area contributed by atoms with Crippen LogP contribution in [0.3, 0.4) is 0 Å². The van der Waals surface area contributed by atoms with Gasteiger partial charge in [-0.1, -0.05) is 30.3 Å². The number of amides is 1. The molecular weight excluding hydrogens is 320 g/mol. The maximum absolute atomic E-state index is 12.9. The molecule has 1 aliphatic rings. The van der Waals surface area contributed by atoms with Crippen molar-refractivity contribution in [2.75, 3.05) is 20.3 Å². The van der Waals surface area contributed by atoms with Gasteiger partial charge >= 0.3 is 5.97 Å². The lowest BCUT2D eigenvalue weighted by molar-refractivity contribution is -0.138. The van der Waals surface area contributed by atoms with E-state index in [1.807, 2.05) is 30.3 Å². The van der Waals surface area contributed by atoms with Crippen LogP contribution in [-0.4, -0.2) is 41.6 Å². The predicted octanol–water partition coefficient (Wildman–Crippen LogP) is 2.31. The molecule has 0 radical (unpaired) electrons. The van der Waals surface area contributed by atoms with Gasteiger partial charge in [-0.3, -0.25) is 4.79 Å². The highest BCUT2D eigenvalue weighted by Gasteiger charge is 2.35. The Balaban J connectivity index is 1.92. The highest BCUT2D eigenvalue weighted by molar-refractivity contribution is 6.23. The van der Waals surface area contributed by atoms with E-state index < -0.39 is 5.97 Å². The van der Waals surface area contributed by atoms with Crippen molar-refractivity contribution in [3.8, 4) is 5.75 Å². The zero-order valence-corrected chi connectivity index (χ0v) is 14.3. The summed E-state index contributed by atoms with van der Waals surface area (Å²) in [7, 11) is 1.55. The van der Waals surface area contributed by atoms with Crippen LogP contribution in [-0.2, 0) is 20.9 Å². The molecule has 0 spiro atoms. The second-order valence-corrected chi connectivity index (χ2v) is 5.65. The van der Waals surface area contributed by atoms with Gasteiger partial charge in [-0.25, -0.2) is 4.79 Å². The average molecular weight is 340 g/mol. The molecule has 2 heterocycles. The van der Waals surface area contributed by atoms with Gasteiger partial charge in [0.15, 0.2) is 0 Å². The number of carbonyl (C=O) groups is 2. The number of esters is 1. The third kappa shape index (κ3) is 3.42. The summed E-state index contributed by atoms with van der Waals surface area (Å²) in [4.78, 5) is 26.9. The van der Waals surface area contributed by atoms with Crippen molar-refractivity contribution in [2.45, 2.75) is 13.5 Å². The number of rotatable bonds is 6. The smallest absolute Gasteiger partial charge is 0.338 e. The number of methoxy groups -OCH3 is 1. The summed E-state index contributed by atoms with van der Waals surface area (Å²) in [5.74, 6) is -0.0516. The molecule has 0 bridgehead atoms. The SMILES string of the molecule is CCOC(=O)C1=C(n2ccc(OC)c2)C(=O)N(Cc2ccccc2)C1. The molecule has 0 N–H and O–H groups in total. The van der Waals surface area contributed by atoms with Crippen LogP contribution in [0.4, 0.5) is 0 Å². The Morgan fingerprint density at radius 3 is 2.60 bits per heavy atom. The third-order valence-corrected chi connectivity index (χ3v) is 4.02. The van der Waals surface area contributed by atoms with Gasteiger partial charge in [0.05, 0.1) is 32.0 Å². The third-order valence-electron chi connectivity index (χ3n) is 4.02. The van der Waals surface area contributed by atoms with E-state index in [0.717, 1.165) is 5.56 Å². The first kappa shape index (κ1) is 16.8. The minimum Gasteiger partial charge on any atom is -0.495 e. The van der Waals surface area contributed by atoms with Gasteiger partial charge in [0.2, 0.25) is 0 Å². The molecule has 1 aromatic carbocycles. The Morgan fingerprint density at radius 1 is 1.20 bits per heavy atom. The highest BCUT2D eigenvalue weighted by Crippen LogP contribution is 2.28. The van der Waals surface area contributed by atoms with E-state index in [1.165, 1.54) is 0 Å². The minimum absolute atomic E-state index is 0.204. The van der Waals surface area contributed by atoms with E-state index in [4.69, 9.17) is 9.47 Å². The van der Waals surface area contributed by atoms with E-state index >= 15 is 0 Å². The molecular formula is C19H20N2O4. The number of benzene rings is 1. The lowest BCUT2D eigenvalue weighted by Crippen LogP contribution is -2.27. The first-order valence-electron chi connectivity index (χ1n) is 8.10. The summed E-state index contributed by atoms with van der Waals surface area (Å²) < 4.78 is 11.9. The normalized spacial score (nSPS) is 14.2. The maximum Gasteiger partial charge on any atom is 0.338 e. The van der Waals surface area contributed by atoms with Crippen LogP contribution in [0.2, 0.25) is 0 Å². The average Bonchev–Trinajstić information content (AvgIpc) is 3.21. The fraction of sp³-hybridized carbons (Fsp3) is 0.263. The molecule has 0 saturated heterocycles. The molecule has 0 aliphatic carbocycles. The van der Waals surface area contributed by atoms with Crippen LogP contribution in [0.15, 0.2) is 54.4 Å². The van der Waals surface area contributed by atoms with Crippen molar-refractivity contribution in [1.82, 2.24) is 9.47 Å². The van der Waals surface area contributed by atoms with E-state index in [-0.39, 0.29) is 19.1 Å². The van der Waals surface area contributed by atoms with Crippen LogP contribution in [0.1, 0.15) is 12.5 Å². The minimum atomic E-state index is -0.464. The lowest BCUT2D eigenvalue weighted by atomic mass is 10.2. The maximum atomic E-state index is 12.9. The number of carbonyl (C=O) groups excluding carboxylic acids is 2. The highest BCUT2D eigenvalue weighted by atomic mass is 16.5. The van der Waals surface area contributed by atoms with Crippen molar-refractivity contribution in [1.29, 1.82) is 0 Å². The van der Waals surface area contributed by atoms with Gasteiger partial charge in [0.1, 0.15) is 11.4 Å². The van der Waals surface area contributed by atoms with E-state index in [0.29, 0.717) is 23.6 Å². The molecule has 25 heavy (non-hydrogen) atoms. The Kier molecular flexibility index (Phi) is 4.88. The summed E-state index contributed by atoms with van der Waals surface area (Å²) >= 11 is 0. The Labute approximate surface area is 146 Å². The predicted molar refractivity (Wildman–Crippen MR) is 92.7 cm³/mol. The van der Waals surface area contributed by atoms with E-state index in [9.17, 15) is 9.59 Å². The molecule has 0 fully saturated rings. The Bertz CT molecular complexity index is 808. The number of nitrogens with zero attached hydrogens (tertiary/aromatic N) is 2. The van der Waals surface area contributed by atoms with Crippen LogP contribution in [0, 0.1) is 0 Å². The molecule has 6 heteroatoms. The summed E-state index contributed by atoms with van der Waals surface area (Å²) in [6.07, 6.45) is 3.38. The fourth-order valence-corrected chi connectivity index (χ4v) is 2.83. The van der Waals surface area contributed by atoms with Gasteiger partial charge in [0.25, 0.3) is 5.91 Å². The van der Waals surface area contributed by atoms with Gasteiger partial charge in [0, 0.05) is 12.7 Å². The van der Waals surface area contributed by atoms with Gasteiger partial charge in [-0.15, -0.1) is 0 Å². The van der Waals surface area contributed by atoms with Crippen LogP contribution in [0.5, 0.6) is 5.75 Å². The largest absolute Gasteiger partial charge is 0.495 e. The first-order valence-corrected chi connectivity index (χ1v) is 8.10. The van der Waals surface area contributed by atoms with Crippen molar-refractivity contribution < 1.29 is 19.1 Å². The molecule has 6 nitrogen and oxygen atoms in total.